The van der Waals surface area contributed by atoms with Crippen LogP contribution in [0, 0.1) is 12.8 Å². The van der Waals surface area contributed by atoms with Crippen LogP contribution in [-0.4, -0.2) is 30.1 Å². The van der Waals surface area contributed by atoms with Crippen LogP contribution in [0.3, 0.4) is 0 Å². The molecule has 6 heteroatoms. The minimum atomic E-state index is -0.292. The molecule has 1 saturated heterocycles. The number of amides is 1. The molecule has 1 amide bonds. The van der Waals surface area contributed by atoms with E-state index in [2.05, 4.69) is 26.2 Å². The summed E-state index contributed by atoms with van der Waals surface area (Å²) < 4.78 is 6.05. The molecular weight excluding hydrogens is 286 g/mol. The highest BCUT2D eigenvalue weighted by Crippen LogP contribution is 2.19. The highest BCUT2D eigenvalue weighted by Gasteiger charge is 2.31. The summed E-state index contributed by atoms with van der Waals surface area (Å²) in [6.45, 7) is 2.70. The molecule has 2 rings (SSSR count). The first-order valence-electron chi connectivity index (χ1n) is 5.34. The van der Waals surface area contributed by atoms with Crippen LogP contribution in [0.2, 0.25) is 0 Å². The SMILES string of the molecule is Cc1cc(Br)cnc1NC(=O)C1COCC1N. The summed E-state index contributed by atoms with van der Waals surface area (Å²) in [5.74, 6) is 0.144. The van der Waals surface area contributed by atoms with E-state index in [-0.39, 0.29) is 17.9 Å². The molecule has 0 aliphatic carbocycles. The number of hydrogen-bond acceptors (Lipinski definition) is 4. The molecule has 92 valence electrons. The topological polar surface area (TPSA) is 77.2 Å². The number of carbonyl (C=O) groups is 1. The summed E-state index contributed by atoms with van der Waals surface area (Å²) in [6.07, 6.45) is 1.65. The highest BCUT2D eigenvalue weighted by atomic mass is 79.9. The summed E-state index contributed by atoms with van der Waals surface area (Å²) in [5.41, 5.74) is 6.68. The third kappa shape index (κ3) is 2.83. The van der Waals surface area contributed by atoms with Crippen molar-refractivity contribution >= 4 is 27.7 Å². The Morgan fingerprint density at radius 1 is 1.65 bits per heavy atom. The normalized spacial score (nSPS) is 23.7. The van der Waals surface area contributed by atoms with Gasteiger partial charge in [0.15, 0.2) is 0 Å². The smallest absolute Gasteiger partial charge is 0.232 e. The van der Waals surface area contributed by atoms with E-state index in [4.69, 9.17) is 10.5 Å². The maximum absolute atomic E-state index is 11.9. The van der Waals surface area contributed by atoms with E-state index in [0.29, 0.717) is 19.0 Å². The number of halogens is 1. The predicted molar refractivity (Wildman–Crippen MR) is 67.6 cm³/mol. The molecule has 1 aromatic rings. The number of anilines is 1. The lowest BCUT2D eigenvalue weighted by Gasteiger charge is -2.14. The number of carbonyl (C=O) groups excluding carboxylic acids is 1. The van der Waals surface area contributed by atoms with Gasteiger partial charge in [0.1, 0.15) is 5.82 Å². The summed E-state index contributed by atoms with van der Waals surface area (Å²) in [6, 6.07) is 1.67. The molecule has 0 spiro atoms. The van der Waals surface area contributed by atoms with Gasteiger partial charge in [0.25, 0.3) is 0 Å². The van der Waals surface area contributed by atoms with Crippen molar-refractivity contribution in [2.75, 3.05) is 18.5 Å². The van der Waals surface area contributed by atoms with E-state index in [0.717, 1.165) is 10.0 Å². The van der Waals surface area contributed by atoms with Crippen molar-refractivity contribution in [3.05, 3.63) is 22.3 Å². The molecule has 1 aromatic heterocycles. The van der Waals surface area contributed by atoms with Gasteiger partial charge in [0.2, 0.25) is 5.91 Å². The second-order valence-electron chi connectivity index (χ2n) is 4.12. The van der Waals surface area contributed by atoms with Gasteiger partial charge in [-0.15, -0.1) is 0 Å². The molecule has 17 heavy (non-hydrogen) atoms. The van der Waals surface area contributed by atoms with E-state index in [9.17, 15) is 4.79 Å². The van der Waals surface area contributed by atoms with Gasteiger partial charge in [-0.25, -0.2) is 4.98 Å². The lowest BCUT2D eigenvalue weighted by molar-refractivity contribution is -0.120. The van der Waals surface area contributed by atoms with Crippen molar-refractivity contribution in [1.29, 1.82) is 0 Å². The van der Waals surface area contributed by atoms with Crippen LogP contribution in [0.25, 0.3) is 0 Å². The number of nitrogens with two attached hydrogens (primary N) is 1. The number of aromatic nitrogens is 1. The fourth-order valence-electron chi connectivity index (χ4n) is 1.72. The number of hydrogen-bond donors (Lipinski definition) is 2. The van der Waals surface area contributed by atoms with Crippen LogP contribution in [0.1, 0.15) is 5.56 Å². The van der Waals surface area contributed by atoms with Crippen molar-refractivity contribution < 1.29 is 9.53 Å². The Labute approximate surface area is 108 Å². The van der Waals surface area contributed by atoms with E-state index in [1.807, 2.05) is 13.0 Å². The average molecular weight is 300 g/mol. The van der Waals surface area contributed by atoms with Crippen LogP contribution >= 0.6 is 15.9 Å². The zero-order valence-corrected chi connectivity index (χ0v) is 11.0. The highest BCUT2D eigenvalue weighted by molar-refractivity contribution is 9.10. The second kappa shape index (κ2) is 5.12. The van der Waals surface area contributed by atoms with Crippen molar-refractivity contribution in [2.24, 2.45) is 11.7 Å². The van der Waals surface area contributed by atoms with Gasteiger partial charge in [-0.05, 0) is 34.5 Å². The minimum absolute atomic E-state index is 0.132. The first-order valence-corrected chi connectivity index (χ1v) is 6.13. The molecule has 3 N–H and O–H groups in total. The van der Waals surface area contributed by atoms with Gasteiger partial charge in [-0.2, -0.15) is 0 Å². The van der Waals surface area contributed by atoms with Crippen LogP contribution in [0.4, 0.5) is 5.82 Å². The Morgan fingerprint density at radius 3 is 3.00 bits per heavy atom. The fraction of sp³-hybridized carbons (Fsp3) is 0.455. The molecule has 2 unspecified atom stereocenters. The zero-order chi connectivity index (χ0) is 12.4. The van der Waals surface area contributed by atoms with Gasteiger partial charge >= 0.3 is 0 Å². The molecule has 0 aromatic carbocycles. The monoisotopic (exact) mass is 299 g/mol. The van der Waals surface area contributed by atoms with Gasteiger partial charge in [-0.1, -0.05) is 0 Å². The third-order valence-corrected chi connectivity index (χ3v) is 3.18. The van der Waals surface area contributed by atoms with Gasteiger partial charge < -0.3 is 15.8 Å². The van der Waals surface area contributed by atoms with Gasteiger partial charge in [-0.3, -0.25) is 4.79 Å². The number of rotatable bonds is 2. The Kier molecular flexibility index (Phi) is 3.76. The summed E-state index contributed by atoms with van der Waals surface area (Å²) in [4.78, 5) is 16.1. The standard InChI is InChI=1S/C11H14BrN3O2/c1-6-2-7(12)3-14-10(6)15-11(16)8-4-17-5-9(8)13/h2-3,8-9H,4-5,13H2,1H3,(H,14,15,16). The molecule has 1 fully saturated rings. The van der Waals surface area contributed by atoms with Crippen LogP contribution < -0.4 is 11.1 Å². The Morgan fingerprint density at radius 2 is 2.41 bits per heavy atom. The van der Waals surface area contributed by atoms with E-state index < -0.39 is 0 Å². The van der Waals surface area contributed by atoms with Crippen LogP contribution in [0.15, 0.2) is 16.7 Å². The molecular formula is C11H14BrN3O2. The van der Waals surface area contributed by atoms with E-state index >= 15 is 0 Å². The van der Waals surface area contributed by atoms with Gasteiger partial charge in [0.05, 0.1) is 19.1 Å². The molecule has 0 bridgehead atoms. The Hall–Kier alpha value is -0.980. The van der Waals surface area contributed by atoms with Crippen molar-refractivity contribution in [1.82, 2.24) is 4.98 Å². The van der Waals surface area contributed by atoms with E-state index in [1.165, 1.54) is 0 Å². The Bertz CT molecular complexity index is 439. The lowest BCUT2D eigenvalue weighted by atomic mass is 10.0. The lowest BCUT2D eigenvalue weighted by Crippen LogP contribution is -2.37. The largest absolute Gasteiger partial charge is 0.379 e. The molecule has 5 nitrogen and oxygen atoms in total. The molecule has 1 aliphatic heterocycles. The number of nitrogens with zero attached hydrogens (tertiary/aromatic N) is 1. The molecule has 2 atom stereocenters. The fourth-order valence-corrected chi connectivity index (χ4v) is 2.17. The van der Waals surface area contributed by atoms with Crippen LogP contribution in [-0.2, 0) is 9.53 Å². The van der Waals surface area contributed by atoms with Crippen molar-refractivity contribution in [3.8, 4) is 0 Å². The number of aryl methyl sites for hydroxylation is 1. The molecule has 1 aliphatic rings. The molecule has 0 saturated carbocycles. The average Bonchev–Trinajstić information content (AvgIpc) is 2.68. The van der Waals surface area contributed by atoms with Crippen molar-refractivity contribution in [2.45, 2.75) is 13.0 Å². The third-order valence-electron chi connectivity index (χ3n) is 2.75. The maximum atomic E-state index is 11.9. The first-order chi connectivity index (χ1) is 8.08. The molecule has 2 heterocycles. The molecule has 0 radical (unpaired) electrons. The van der Waals surface area contributed by atoms with Gasteiger partial charge in [0, 0.05) is 16.7 Å². The number of nitrogens with one attached hydrogen (secondary N) is 1. The Balaban J connectivity index is 2.07. The zero-order valence-electron chi connectivity index (χ0n) is 9.44. The number of ether oxygens (including phenoxy) is 1. The van der Waals surface area contributed by atoms with E-state index in [1.54, 1.807) is 6.20 Å². The predicted octanol–water partition coefficient (Wildman–Crippen LogP) is 1.06. The minimum Gasteiger partial charge on any atom is -0.379 e. The first kappa shape index (κ1) is 12.5. The quantitative estimate of drug-likeness (QED) is 0.856. The summed E-state index contributed by atoms with van der Waals surface area (Å²) >= 11 is 3.32. The van der Waals surface area contributed by atoms with Crippen molar-refractivity contribution in [3.63, 3.8) is 0 Å². The summed E-state index contributed by atoms with van der Waals surface area (Å²) in [5, 5.41) is 2.78. The second-order valence-corrected chi connectivity index (χ2v) is 5.03. The summed E-state index contributed by atoms with van der Waals surface area (Å²) in [7, 11) is 0. The number of pyridine rings is 1. The maximum Gasteiger partial charge on any atom is 0.232 e. The van der Waals surface area contributed by atoms with Crippen LogP contribution in [0.5, 0.6) is 0 Å².